The van der Waals surface area contributed by atoms with Crippen molar-refractivity contribution < 1.29 is 29.4 Å². The van der Waals surface area contributed by atoms with E-state index in [4.69, 9.17) is 5.11 Å². The number of nitrogens with zero attached hydrogens (tertiary/aromatic N) is 1. The lowest BCUT2D eigenvalue weighted by atomic mass is 9.78. The van der Waals surface area contributed by atoms with Crippen LogP contribution < -0.4 is 5.32 Å². The highest BCUT2D eigenvalue weighted by Gasteiger charge is 2.39. The van der Waals surface area contributed by atoms with Crippen LogP contribution in [0.3, 0.4) is 0 Å². The normalized spacial score (nSPS) is 28.2. The zero-order chi connectivity index (χ0) is 17.9. The van der Waals surface area contributed by atoms with Gasteiger partial charge in [0, 0.05) is 6.54 Å². The fourth-order valence-corrected chi connectivity index (χ4v) is 3.66. The Morgan fingerprint density at radius 3 is 2.17 bits per heavy atom. The Hall–Kier alpha value is -2.12. The summed E-state index contributed by atoms with van der Waals surface area (Å²) in [6.07, 6.45) is 3.55. The van der Waals surface area contributed by atoms with Gasteiger partial charge in [-0.2, -0.15) is 0 Å². The van der Waals surface area contributed by atoms with E-state index < -0.39 is 47.7 Å². The second-order valence-corrected chi connectivity index (χ2v) is 6.59. The van der Waals surface area contributed by atoms with E-state index in [2.05, 4.69) is 5.32 Å². The Balaban J connectivity index is 1.98. The highest BCUT2D eigenvalue weighted by atomic mass is 16.4. The smallest absolute Gasteiger partial charge is 0.326 e. The van der Waals surface area contributed by atoms with Crippen molar-refractivity contribution in [1.82, 2.24) is 10.2 Å². The van der Waals surface area contributed by atoms with Gasteiger partial charge in [0.1, 0.15) is 12.1 Å². The summed E-state index contributed by atoms with van der Waals surface area (Å²) in [4.78, 5) is 48.6. The quantitative estimate of drug-likeness (QED) is 0.668. The van der Waals surface area contributed by atoms with Crippen LogP contribution in [0.15, 0.2) is 0 Å². The van der Waals surface area contributed by atoms with Crippen molar-refractivity contribution in [2.45, 2.75) is 57.5 Å². The van der Waals surface area contributed by atoms with E-state index in [1.807, 2.05) is 0 Å². The summed E-state index contributed by atoms with van der Waals surface area (Å²) in [5.41, 5.74) is 0. The van der Waals surface area contributed by atoms with Crippen molar-refractivity contribution in [3.05, 3.63) is 0 Å². The summed E-state index contributed by atoms with van der Waals surface area (Å²) in [6.45, 7) is 1.87. The molecule has 0 bridgehead atoms. The summed E-state index contributed by atoms with van der Waals surface area (Å²) in [5, 5.41) is 21.0. The molecule has 4 atom stereocenters. The summed E-state index contributed by atoms with van der Waals surface area (Å²) in [6, 6.07) is -1.72. The Morgan fingerprint density at radius 1 is 0.958 bits per heavy atom. The van der Waals surface area contributed by atoms with Crippen LogP contribution in [0.2, 0.25) is 0 Å². The molecule has 2 amide bonds. The number of carboxylic acids is 2. The molecule has 134 valence electrons. The Labute approximate surface area is 140 Å². The van der Waals surface area contributed by atoms with Crippen LogP contribution in [0.4, 0.5) is 0 Å². The minimum atomic E-state index is -1.04. The Bertz CT molecular complexity index is 535. The minimum Gasteiger partial charge on any atom is -0.481 e. The standard InChI is InChI=1S/C16H24N2O6/c1-9(14(20)18-8-4-7-12(18)16(23)24)17-13(19)10-5-2-3-6-11(10)15(21)22/h9-12H,2-8H2,1H3,(H,17,19)(H,21,22)(H,23,24)/t9-,10+,11+,12-/m0/s1. The molecule has 0 spiro atoms. The molecule has 2 fully saturated rings. The molecule has 1 saturated carbocycles. The van der Waals surface area contributed by atoms with E-state index in [1.54, 1.807) is 0 Å². The lowest BCUT2D eigenvalue weighted by molar-refractivity contribution is -0.151. The van der Waals surface area contributed by atoms with Gasteiger partial charge in [-0.15, -0.1) is 0 Å². The first kappa shape index (κ1) is 18.2. The molecule has 0 unspecified atom stereocenters. The molecule has 2 rings (SSSR count). The molecular weight excluding hydrogens is 316 g/mol. The van der Waals surface area contributed by atoms with Crippen molar-refractivity contribution in [3.8, 4) is 0 Å². The molecule has 1 saturated heterocycles. The molecule has 1 heterocycles. The number of carboxylic acid groups (broad SMARTS) is 2. The highest BCUT2D eigenvalue weighted by Crippen LogP contribution is 2.30. The van der Waals surface area contributed by atoms with Gasteiger partial charge in [-0.1, -0.05) is 12.8 Å². The van der Waals surface area contributed by atoms with Gasteiger partial charge in [0.15, 0.2) is 0 Å². The highest BCUT2D eigenvalue weighted by molar-refractivity contribution is 5.92. The summed E-state index contributed by atoms with van der Waals surface area (Å²) in [7, 11) is 0. The Morgan fingerprint density at radius 2 is 1.58 bits per heavy atom. The van der Waals surface area contributed by atoms with E-state index >= 15 is 0 Å². The molecule has 0 aromatic heterocycles. The molecule has 8 nitrogen and oxygen atoms in total. The molecule has 0 aromatic carbocycles. The molecular formula is C16H24N2O6. The molecule has 0 aromatic rings. The van der Waals surface area contributed by atoms with Crippen molar-refractivity contribution in [2.24, 2.45) is 11.8 Å². The van der Waals surface area contributed by atoms with E-state index in [1.165, 1.54) is 11.8 Å². The molecule has 2 aliphatic rings. The van der Waals surface area contributed by atoms with Crippen LogP contribution in [0, 0.1) is 11.8 Å². The van der Waals surface area contributed by atoms with Crippen molar-refractivity contribution in [1.29, 1.82) is 0 Å². The van der Waals surface area contributed by atoms with E-state index in [-0.39, 0.29) is 0 Å². The number of hydrogen-bond donors (Lipinski definition) is 3. The zero-order valence-electron chi connectivity index (χ0n) is 13.7. The number of nitrogens with one attached hydrogen (secondary N) is 1. The van der Waals surface area contributed by atoms with Crippen molar-refractivity contribution >= 4 is 23.8 Å². The maximum absolute atomic E-state index is 12.4. The predicted octanol–water partition coefficient (Wildman–Crippen LogP) is 0.458. The monoisotopic (exact) mass is 340 g/mol. The van der Waals surface area contributed by atoms with Crippen molar-refractivity contribution in [2.75, 3.05) is 6.54 Å². The van der Waals surface area contributed by atoms with Gasteiger partial charge < -0.3 is 20.4 Å². The van der Waals surface area contributed by atoms with Crippen molar-refractivity contribution in [3.63, 3.8) is 0 Å². The molecule has 1 aliphatic carbocycles. The number of rotatable bonds is 5. The van der Waals surface area contributed by atoms with E-state index in [9.17, 15) is 24.3 Å². The topological polar surface area (TPSA) is 124 Å². The van der Waals surface area contributed by atoms with E-state index in [0.29, 0.717) is 32.2 Å². The van der Waals surface area contributed by atoms with Gasteiger partial charge in [0.2, 0.25) is 11.8 Å². The molecule has 24 heavy (non-hydrogen) atoms. The number of carbonyl (C=O) groups excluding carboxylic acids is 2. The van der Waals surface area contributed by atoms with Gasteiger partial charge in [0.05, 0.1) is 11.8 Å². The van der Waals surface area contributed by atoms with Crippen LogP contribution in [0.25, 0.3) is 0 Å². The van der Waals surface area contributed by atoms with Gasteiger partial charge >= 0.3 is 11.9 Å². The number of carbonyl (C=O) groups is 4. The number of aliphatic carboxylic acids is 2. The van der Waals surface area contributed by atoms with Crippen LogP contribution in [0.1, 0.15) is 45.4 Å². The lowest BCUT2D eigenvalue weighted by Gasteiger charge is -2.30. The first-order chi connectivity index (χ1) is 11.3. The predicted molar refractivity (Wildman–Crippen MR) is 83.1 cm³/mol. The van der Waals surface area contributed by atoms with Crippen LogP contribution in [-0.4, -0.2) is 57.5 Å². The third-order valence-electron chi connectivity index (χ3n) is 4.97. The van der Waals surface area contributed by atoms with Gasteiger partial charge in [0.25, 0.3) is 0 Å². The summed E-state index contributed by atoms with van der Waals surface area (Å²) >= 11 is 0. The lowest BCUT2D eigenvalue weighted by Crippen LogP contribution is -2.52. The molecule has 8 heteroatoms. The van der Waals surface area contributed by atoms with Crippen LogP contribution >= 0.6 is 0 Å². The second-order valence-electron chi connectivity index (χ2n) is 6.59. The molecule has 3 N–H and O–H groups in total. The minimum absolute atomic E-state index is 0.358. The Kier molecular flexibility index (Phi) is 5.80. The second kappa shape index (κ2) is 7.63. The first-order valence-corrected chi connectivity index (χ1v) is 8.39. The first-order valence-electron chi connectivity index (χ1n) is 8.39. The van der Waals surface area contributed by atoms with Gasteiger partial charge in [-0.3, -0.25) is 14.4 Å². The molecule has 0 radical (unpaired) electrons. The number of likely N-dealkylation sites (tertiary alicyclic amines) is 1. The van der Waals surface area contributed by atoms with Gasteiger partial charge in [-0.25, -0.2) is 4.79 Å². The van der Waals surface area contributed by atoms with E-state index in [0.717, 1.165) is 12.8 Å². The molecule has 1 aliphatic heterocycles. The maximum atomic E-state index is 12.4. The largest absolute Gasteiger partial charge is 0.481 e. The summed E-state index contributed by atoms with van der Waals surface area (Å²) in [5.74, 6) is -4.26. The maximum Gasteiger partial charge on any atom is 0.326 e. The van der Waals surface area contributed by atoms with Crippen LogP contribution in [0.5, 0.6) is 0 Å². The van der Waals surface area contributed by atoms with Gasteiger partial charge in [-0.05, 0) is 32.6 Å². The average molecular weight is 340 g/mol. The average Bonchev–Trinajstić information content (AvgIpc) is 3.03. The van der Waals surface area contributed by atoms with Crippen LogP contribution in [-0.2, 0) is 19.2 Å². The fraction of sp³-hybridized carbons (Fsp3) is 0.750. The summed E-state index contributed by atoms with van der Waals surface area (Å²) < 4.78 is 0. The zero-order valence-corrected chi connectivity index (χ0v) is 13.7. The third kappa shape index (κ3) is 3.85. The number of amides is 2. The number of hydrogen-bond acceptors (Lipinski definition) is 4. The SMILES string of the molecule is C[C@H](NC(=O)[C@@H]1CCCC[C@H]1C(=O)O)C(=O)N1CCC[C@H]1C(=O)O. The third-order valence-corrected chi connectivity index (χ3v) is 4.97. The fourth-order valence-electron chi connectivity index (χ4n) is 3.66.